The van der Waals surface area contributed by atoms with E-state index in [1.807, 2.05) is 0 Å². The average Bonchev–Trinajstić information content (AvgIpc) is 3.51. The third-order valence-corrected chi connectivity index (χ3v) is 14.6. The molecule has 0 fully saturated rings. The SMILES string of the molecule is Cc1cccc(C)c1-c1cc2c3c(c1)N(c1ccc(C(C)(C)C)cc1-c1ccccc1)c1c(ccc4c1-c1ccccc1C4(C)C)B3N(c1ccc(C(C)(C)C)cc1)c1ccccc1-2. The van der Waals surface area contributed by atoms with Crippen LogP contribution in [-0.2, 0) is 16.2 Å². The van der Waals surface area contributed by atoms with Crippen molar-refractivity contribution in [3.05, 3.63) is 197 Å². The number of fused-ring (bicyclic) bond motifs is 8. The van der Waals surface area contributed by atoms with Crippen molar-refractivity contribution in [3.8, 4) is 44.5 Å². The summed E-state index contributed by atoms with van der Waals surface area (Å²) in [5, 5.41) is 0. The van der Waals surface area contributed by atoms with Crippen molar-refractivity contribution >= 4 is 46.2 Å². The Labute approximate surface area is 381 Å². The van der Waals surface area contributed by atoms with Gasteiger partial charge in [-0.25, -0.2) is 0 Å². The molecule has 11 rings (SSSR count). The first-order valence-electron chi connectivity index (χ1n) is 23.1. The van der Waals surface area contributed by atoms with Crippen molar-refractivity contribution in [2.45, 2.75) is 85.5 Å². The van der Waals surface area contributed by atoms with Crippen LogP contribution in [0.1, 0.15) is 88.8 Å². The first kappa shape index (κ1) is 40.2. The number of anilines is 5. The first-order valence-corrected chi connectivity index (χ1v) is 23.1. The number of rotatable bonds is 4. The van der Waals surface area contributed by atoms with E-state index in [1.54, 1.807) is 0 Å². The van der Waals surface area contributed by atoms with Gasteiger partial charge < -0.3 is 9.71 Å². The zero-order valence-corrected chi connectivity index (χ0v) is 39.1. The van der Waals surface area contributed by atoms with Gasteiger partial charge in [-0.05, 0) is 139 Å². The van der Waals surface area contributed by atoms with Gasteiger partial charge in [0.2, 0.25) is 0 Å². The van der Waals surface area contributed by atoms with Crippen LogP contribution < -0.4 is 20.6 Å². The predicted molar refractivity (Wildman–Crippen MR) is 275 cm³/mol. The molecule has 314 valence electrons. The lowest BCUT2D eigenvalue weighted by Crippen LogP contribution is -2.61. The molecular weight excluding hydrogens is 771 g/mol. The Morgan fingerprint density at radius 2 is 1.09 bits per heavy atom. The van der Waals surface area contributed by atoms with Crippen molar-refractivity contribution < 1.29 is 0 Å². The number of benzene rings is 8. The quantitative estimate of drug-likeness (QED) is 0.163. The van der Waals surface area contributed by atoms with Crippen LogP contribution in [0.25, 0.3) is 44.5 Å². The maximum Gasteiger partial charge on any atom is 0.333 e. The second-order valence-electron chi connectivity index (χ2n) is 21.1. The lowest BCUT2D eigenvalue weighted by Gasteiger charge is -2.47. The molecule has 0 atom stereocenters. The topological polar surface area (TPSA) is 6.48 Å². The van der Waals surface area contributed by atoms with Crippen molar-refractivity contribution in [3.63, 3.8) is 0 Å². The summed E-state index contributed by atoms with van der Waals surface area (Å²) in [6.45, 7) is 23.2. The van der Waals surface area contributed by atoms with Gasteiger partial charge in [0.15, 0.2) is 0 Å². The van der Waals surface area contributed by atoms with E-state index >= 15 is 0 Å². The minimum absolute atomic E-state index is 0.0363. The van der Waals surface area contributed by atoms with Gasteiger partial charge in [-0.1, -0.05) is 177 Å². The summed E-state index contributed by atoms with van der Waals surface area (Å²) in [6.07, 6.45) is 0. The highest BCUT2D eigenvalue weighted by Crippen LogP contribution is 2.57. The fourth-order valence-corrected chi connectivity index (χ4v) is 11.3. The molecule has 64 heavy (non-hydrogen) atoms. The second-order valence-corrected chi connectivity index (χ2v) is 21.1. The smallest absolute Gasteiger partial charge is 0.333 e. The molecule has 1 aliphatic carbocycles. The molecule has 2 heterocycles. The third kappa shape index (κ3) is 6.00. The first-order chi connectivity index (χ1) is 30.6. The maximum absolute atomic E-state index is 2.70. The number of hydrogen-bond acceptors (Lipinski definition) is 2. The van der Waals surface area contributed by atoms with Crippen molar-refractivity contribution in [2.75, 3.05) is 9.71 Å². The van der Waals surface area contributed by atoms with Crippen molar-refractivity contribution in [2.24, 2.45) is 0 Å². The van der Waals surface area contributed by atoms with Gasteiger partial charge in [0, 0.05) is 39.2 Å². The van der Waals surface area contributed by atoms with Crippen LogP contribution in [0.5, 0.6) is 0 Å². The molecule has 3 heteroatoms. The van der Waals surface area contributed by atoms with Crippen molar-refractivity contribution in [1.82, 2.24) is 0 Å². The summed E-state index contributed by atoms with van der Waals surface area (Å²) in [5.74, 6) is 0. The van der Waals surface area contributed by atoms with E-state index in [-0.39, 0.29) is 23.1 Å². The van der Waals surface area contributed by atoms with Gasteiger partial charge in [0.25, 0.3) is 0 Å². The lowest BCUT2D eigenvalue weighted by molar-refractivity contribution is 0.590. The Morgan fingerprint density at radius 1 is 0.453 bits per heavy atom. The molecule has 0 saturated carbocycles. The lowest BCUT2D eigenvalue weighted by atomic mass is 9.43. The molecule has 0 saturated heterocycles. The van der Waals surface area contributed by atoms with Gasteiger partial charge in [0.05, 0.1) is 11.4 Å². The third-order valence-electron chi connectivity index (χ3n) is 14.6. The summed E-state index contributed by atoms with van der Waals surface area (Å²) in [7, 11) is 0. The minimum atomic E-state index is -0.182. The maximum atomic E-state index is 2.70. The van der Waals surface area contributed by atoms with Crippen LogP contribution in [0.2, 0.25) is 0 Å². The largest absolute Gasteiger partial charge is 0.376 e. The van der Waals surface area contributed by atoms with Gasteiger partial charge >= 0.3 is 6.85 Å². The summed E-state index contributed by atoms with van der Waals surface area (Å²) >= 11 is 0. The highest BCUT2D eigenvalue weighted by molar-refractivity contribution is 6.93. The Kier molecular flexibility index (Phi) is 8.93. The number of hydrogen-bond donors (Lipinski definition) is 0. The predicted octanol–water partition coefficient (Wildman–Crippen LogP) is 15.2. The molecule has 0 N–H and O–H groups in total. The minimum Gasteiger partial charge on any atom is -0.376 e. The molecule has 0 amide bonds. The Balaban J connectivity index is 1.33. The molecular formula is C61H57BN2. The van der Waals surface area contributed by atoms with Crippen LogP contribution >= 0.6 is 0 Å². The Hall–Kier alpha value is -6.58. The van der Waals surface area contributed by atoms with Gasteiger partial charge in [0.1, 0.15) is 0 Å². The normalized spacial score (nSPS) is 14.4. The molecule has 2 nitrogen and oxygen atoms in total. The van der Waals surface area contributed by atoms with E-state index in [0.29, 0.717) is 0 Å². The Morgan fingerprint density at radius 3 is 1.80 bits per heavy atom. The molecule has 0 aromatic heterocycles. The molecule has 0 radical (unpaired) electrons. The van der Waals surface area contributed by atoms with Gasteiger partial charge in [-0.3, -0.25) is 0 Å². The fourth-order valence-electron chi connectivity index (χ4n) is 11.3. The van der Waals surface area contributed by atoms with E-state index in [1.165, 1.54) is 117 Å². The molecule has 0 unspecified atom stereocenters. The van der Waals surface area contributed by atoms with Crippen LogP contribution in [0, 0.1) is 13.8 Å². The van der Waals surface area contributed by atoms with Crippen LogP contribution in [0.3, 0.4) is 0 Å². The summed E-state index contributed by atoms with van der Waals surface area (Å²) < 4.78 is 0. The standard InChI is InChI=1S/C61H57BN2/c1-38-19-18-20-39(2)55(38)41-35-48-45-23-15-17-26-53(45)64(44-30-27-42(28-31-44)59(3,4)5)62-51-33-32-50-56(46-24-14-16-25-49(46)61(50,9)10)58(51)63(54(36-41)57(48)62)52-34-29-43(60(6,7)8)37-47(52)40-21-12-11-13-22-40/h11-37H,1-10H3. The van der Waals surface area contributed by atoms with E-state index in [9.17, 15) is 0 Å². The van der Waals surface area contributed by atoms with E-state index in [0.717, 1.165) is 0 Å². The molecule has 0 spiro atoms. The van der Waals surface area contributed by atoms with Crippen LogP contribution in [0.4, 0.5) is 28.4 Å². The molecule has 8 aromatic carbocycles. The molecule has 8 aromatic rings. The van der Waals surface area contributed by atoms with Gasteiger partial charge in [-0.2, -0.15) is 0 Å². The highest BCUT2D eigenvalue weighted by Gasteiger charge is 2.49. The van der Waals surface area contributed by atoms with E-state index in [2.05, 4.69) is 243 Å². The van der Waals surface area contributed by atoms with Gasteiger partial charge in [-0.15, -0.1) is 0 Å². The average molecular weight is 829 g/mol. The summed E-state index contributed by atoms with van der Waals surface area (Å²) in [4.78, 5) is 5.35. The molecule has 3 aliphatic rings. The second kappa shape index (κ2) is 14.2. The van der Waals surface area contributed by atoms with Crippen molar-refractivity contribution in [1.29, 1.82) is 0 Å². The molecule has 0 bridgehead atoms. The highest BCUT2D eigenvalue weighted by atomic mass is 15.2. The summed E-state index contributed by atoms with van der Waals surface area (Å²) in [5.41, 5.74) is 26.8. The van der Waals surface area contributed by atoms with Crippen LogP contribution in [0.15, 0.2) is 164 Å². The molecule has 2 aliphatic heterocycles. The van der Waals surface area contributed by atoms with E-state index in [4.69, 9.17) is 0 Å². The monoisotopic (exact) mass is 828 g/mol. The number of nitrogens with zero attached hydrogens (tertiary/aromatic N) is 2. The fraction of sp³-hybridized carbons (Fsp3) is 0.213. The zero-order valence-electron chi connectivity index (χ0n) is 39.1. The number of aryl methyl sites for hydroxylation is 2. The van der Waals surface area contributed by atoms with Crippen LogP contribution in [-0.4, -0.2) is 6.85 Å². The Bertz CT molecular complexity index is 3160. The number of para-hydroxylation sites is 1. The van der Waals surface area contributed by atoms with E-state index < -0.39 is 0 Å². The zero-order chi connectivity index (χ0) is 44.4. The summed E-state index contributed by atoms with van der Waals surface area (Å²) in [6, 6.07) is 62.8.